The van der Waals surface area contributed by atoms with Gasteiger partial charge in [0.1, 0.15) is 11.6 Å². The number of halogens is 2. The van der Waals surface area contributed by atoms with E-state index in [-0.39, 0.29) is 6.04 Å². The Balaban J connectivity index is 2.42. The lowest BCUT2D eigenvalue weighted by Gasteiger charge is -2.15. The van der Waals surface area contributed by atoms with Gasteiger partial charge in [0.25, 0.3) is 0 Å². The van der Waals surface area contributed by atoms with Crippen molar-refractivity contribution >= 4 is 0 Å². The third kappa shape index (κ3) is 3.18. The van der Waals surface area contributed by atoms with E-state index in [0.717, 1.165) is 23.6 Å². The molecule has 0 bridgehead atoms. The van der Waals surface area contributed by atoms with Crippen molar-refractivity contribution in [2.45, 2.75) is 19.4 Å². The predicted octanol–water partition coefficient (Wildman–Crippen LogP) is 4.30. The second-order valence-electron chi connectivity index (χ2n) is 4.53. The Morgan fingerprint density at radius 1 is 1.00 bits per heavy atom. The van der Waals surface area contributed by atoms with Crippen molar-refractivity contribution in [3.8, 4) is 11.1 Å². The fourth-order valence-electron chi connectivity index (χ4n) is 2.26. The highest BCUT2D eigenvalue weighted by Crippen LogP contribution is 2.25. The lowest BCUT2D eigenvalue weighted by Crippen LogP contribution is -2.15. The molecule has 0 fully saturated rings. The number of rotatable bonds is 4. The van der Waals surface area contributed by atoms with Crippen LogP contribution in [0.2, 0.25) is 0 Å². The first kappa shape index (κ1) is 13.7. The van der Waals surface area contributed by atoms with Gasteiger partial charge < -0.3 is 5.32 Å². The highest BCUT2D eigenvalue weighted by atomic mass is 19.1. The summed E-state index contributed by atoms with van der Waals surface area (Å²) in [6.07, 6.45) is 0.956. The number of hydrogen-bond acceptors (Lipinski definition) is 1. The number of benzene rings is 2. The molecule has 3 heteroatoms. The molecule has 1 N–H and O–H groups in total. The zero-order chi connectivity index (χ0) is 13.8. The number of hydrogen-bond donors (Lipinski definition) is 1. The highest BCUT2D eigenvalue weighted by Gasteiger charge is 2.09. The third-order valence-electron chi connectivity index (χ3n) is 3.24. The van der Waals surface area contributed by atoms with Crippen LogP contribution in [0.25, 0.3) is 11.1 Å². The van der Waals surface area contributed by atoms with Crippen molar-refractivity contribution in [1.29, 1.82) is 0 Å². The van der Waals surface area contributed by atoms with Crippen molar-refractivity contribution in [2.24, 2.45) is 0 Å². The van der Waals surface area contributed by atoms with Crippen LogP contribution in [0.3, 0.4) is 0 Å². The molecule has 2 aromatic rings. The SMILES string of the molecule is CCC(NC)c1cccc(-c2cc(F)cc(F)c2)c1. The van der Waals surface area contributed by atoms with E-state index in [4.69, 9.17) is 0 Å². The molecule has 1 unspecified atom stereocenters. The molecule has 0 saturated carbocycles. The summed E-state index contributed by atoms with van der Waals surface area (Å²) < 4.78 is 26.5. The summed E-state index contributed by atoms with van der Waals surface area (Å²) in [6.45, 7) is 2.09. The summed E-state index contributed by atoms with van der Waals surface area (Å²) in [5.41, 5.74) is 2.50. The molecule has 0 spiro atoms. The molecule has 0 saturated heterocycles. The van der Waals surface area contributed by atoms with Gasteiger partial charge in [0, 0.05) is 12.1 Å². The smallest absolute Gasteiger partial charge is 0.126 e. The standard InChI is InChI=1S/C16H17F2N/c1-3-16(19-2)12-6-4-5-11(7-12)13-8-14(17)10-15(18)9-13/h4-10,16,19H,3H2,1-2H3. The van der Waals surface area contributed by atoms with Gasteiger partial charge in [0.05, 0.1) is 0 Å². The molecule has 0 heterocycles. The Kier molecular flexibility index (Phi) is 4.27. The maximum absolute atomic E-state index is 13.3. The third-order valence-corrected chi connectivity index (χ3v) is 3.24. The molecular formula is C16H17F2N. The average molecular weight is 261 g/mol. The van der Waals surface area contributed by atoms with Crippen molar-refractivity contribution < 1.29 is 8.78 Å². The van der Waals surface area contributed by atoms with Crippen LogP contribution in [0.4, 0.5) is 8.78 Å². The Labute approximate surface area is 112 Å². The molecular weight excluding hydrogens is 244 g/mol. The van der Waals surface area contributed by atoms with Crippen LogP contribution < -0.4 is 5.32 Å². The van der Waals surface area contributed by atoms with E-state index in [1.165, 1.54) is 12.1 Å². The van der Waals surface area contributed by atoms with E-state index in [1.807, 2.05) is 31.3 Å². The molecule has 2 aromatic carbocycles. The van der Waals surface area contributed by atoms with Gasteiger partial charge in [0.2, 0.25) is 0 Å². The van der Waals surface area contributed by atoms with Crippen LogP contribution in [0.5, 0.6) is 0 Å². The van der Waals surface area contributed by atoms with E-state index >= 15 is 0 Å². The summed E-state index contributed by atoms with van der Waals surface area (Å²) in [7, 11) is 1.91. The quantitative estimate of drug-likeness (QED) is 0.865. The monoisotopic (exact) mass is 261 g/mol. The predicted molar refractivity (Wildman–Crippen MR) is 73.9 cm³/mol. The minimum atomic E-state index is -0.555. The van der Waals surface area contributed by atoms with Crippen molar-refractivity contribution in [3.63, 3.8) is 0 Å². The van der Waals surface area contributed by atoms with Gasteiger partial charge in [-0.3, -0.25) is 0 Å². The summed E-state index contributed by atoms with van der Waals surface area (Å²) in [4.78, 5) is 0. The molecule has 1 nitrogen and oxygen atoms in total. The van der Waals surface area contributed by atoms with Crippen LogP contribution in [0.15, 0.2) is 42.5 Å². The Morgan fingerprint density at radius 2 is 1.68 bits per heavy atom. The summed E-state index contributed by atoms with van der Waals surface area (Å²) in [5, 5.41) is 3.22. The van der Waals surface area contributed by atoms with Gasteiger partial charge in [-0.25, -0.2) is 8.78 Å². The lowest BCUT2D eigenvalue weighted by molar-refractivity contribution is 0.577. The topological polar surface area (TPSA) is 12.0 Å². The Hall–Kier alpha value is -1.74. The maximum Gasteiger partial charge on any atom is 0.126 e. The second-order valence-corrected chi connectivity index (χ2v) is 4.53. The van der Waals surface area contributed by atoms with Gasteiger partial charge in [-0.1, -0.05) is 25.1 Å². The normalized spacial score (nSPS) is 12.4. The van der Waals surface area contributed by atoms with Gasteiger partial charge in [-0.05, 0) is 48.4 Å². The largest absolute Gasteiger partial charge is 0.313 e. The van der Waals surface area contributed by atoms with Crippen LogP contribution in [-0.4, -0.2) is 7.05 Å². The minimum absolute atomic E-state index is 0.248. The fraction of sp³-hybridized carbons (Fsp3) is 0.250. The van der Waals surface area contributed by atoms with Gasteiger partial charge in [0.15, 0.2) is 0 Å². The lowest BCUT2D eigenvalue weighted by atomic mass is 9.98. The molecule has 0 aromatic heterocycles. The first-order valence-corrected chi connectivity index (χ1v) is 6.37. The van der Waals surface area contributed by atoms with Crippen LogP contribution in [0, 0.1) is 11.6 Å². The van der Waals surface area contributed by atoms with E-state index in [9.17, 15) is 8.78 Å². The molecule has 100 valence electrons. The minimum Gasteiger partial charge on any atom is -0.313 e. The first-order chi connectivity index (χ1) is 9.13. The molecule has 0 aliphatic rings. The summed E-state index contributed by atoms with van der Waals surface area (Å²) >= 11 is 0. The highest BCUT2D eigenvalue weighted by molar-refractivity contribution is 5.64. The van der Waals surface area contributed by atoms with Crippen LogP contribution in [-0.2, 0) is 0 Å². The van der Waals surface area contributed by atoms with Gasteiger partial charge >= 0.3 is 0 Å². The maximum atomic E-state index is 13.3. The molecule has 0 aliphatic carbocycles. The molecule has 19 heavy (non-hydrogen) atoms. The Morgan fingerprint density at radius 3 is 2.26 bits per heavy atom. The summed E-state index contributed by atoms with van der Waals surface area (Å²) in [5.74, 6) is -1.11. The molecule has 1 atom stereocenters. The van der Waals surface area contributed by atoms with Gasteiger partial charge in [-0.2, -0.15) is 0 Å². The zero-order valence-corrected chi connectivity index (χ0v) is 11.1. The van der Waals surface area contributed by atoms with E-state index in [1.54, 1.807) is 0 Å². The van der Waals surface area contributed by atoms with E-state index < -0.39 is 11.6 Å². The zero-order valence-electron chi connectivity index (χ0n) is 11.1. The fourth-order valence-corrected chi connectivity index (χ4v) is 2.26. The number of nitrogens with one attached hydrogen (secondary N) is 1. The molecule has 0 radical (unpaired) electrons. The molecule has 2 rings (SSSR count). The first-order valence-electron chi connectivity index (χ1n) is 6.37. The Bertz CT molecular complexity index is 542. The van der Waals surface area contributed by atoms with Crippen LogP contribution in [0.1, 0.15) is 24.9 Å². The average Bonchev–Trinajstić information content (AvgIpc) is 2.39. The van der Waals surface area contributed by atoms with Crippen molar-refractivity contribution in [2.75, 3.05) is 7.05 Å². The van der Waals surface area contributed by atoms with Gasteiger partial charge in [-0.15, -0.1) is 0 Å². The van der Waals surface area contributed by atoms with E-state index in [0.29, 0.717) is 5.56 Å². The van der Waals surface area contributed by atoms with E-state index in [2.05, 4.69) is 12.2 Å². The molecule has 0 aliphatic heterocycles. The van der Waals surface area contributed by atoms with Crippen molar-refractivity contribution in [1.82, 2.24) is 5.32 Å². The summed E-state index contributed by atoms with van der Waals surface area (Å²) in [6, 6.07) is 11.6. The van der Waals surface area contributed by atoms with Crippen molar-refractivity contribution in [3.05, 3.63) is 59.7 Å². The van der Waals surface area contributed by atoms with Crippen LogP contribution >= 0.6 is 0 Å². The molecule has 0 amide bonds. The second kappa shape index (κ2) is 5.93.